The molecular formula is C16H11BrF3NO2S. The van der Waals surface area contributed by atoms with E-state index in [1.807, 2.05) is 0 Å². The normalized spacial score (nSPS) is 11.5. The van der Waals surface area contributed by atoms with Gasteiger partial charge in [-0.15, -0.1) is 0 Å². The molecule has 3 nitrogen and oxygen atoms in total. The highest BCUT2D eigenvalue weighted by molar-refractivity contribution is 9.10. The summed E-state index contributed by atoms with van der Waals surface area (Å²) in [5.41, 5.74) is -0.322. The zero-order valence-electron chi connectivity index (χ0n) is 12.3. The molecule has 2 aromatic rings. The van der Waals surface area contributed by atoms with Gasteiger partial charge in [0.25, 0.3) is 10.0 Å². The Morgan fingerprint density at radius 3 is 2.25 bits per heavy atom. The number of hydrogen-bond donors (Lipinski definition) is 0. The molecular weight excluding hydrogens is 407 g/mol. The van der Waals surface area contributed by atoms with E-state index >= 15 is 0 Å². The molecule has 0 aliphatic carbocycles. The number of alkyl halides is 3. The number of rotatable bonds is 2. The van der Waals surface area contributed by atoms with Gasteiger partial charge >= 0.3 is 6.18 Å². The Labute approximate surface area is 146 Å². The summed E-state index contributed by atoms with van der Waals surface area (Å²) in [5.74, 6) is 2.68. The second kappa shape index (κ2) is 6.87. The van der Waals surface area contributed by atoms with Gasteiger partial charge in [0, 0.05) is 23.1 Å². The van der Waals surface area contributed by atoms with Crippen molar-refractivity contribution in [2.45, 2.75) is 11.1 Å². The molecule has 0 bridgehead atoms. The van der Waals surface area contributed by atoms with Crippen LogP contribution in [0.3, 0.4) is 0 Å². The molecule has 24 heavy (non-hydrogen) atoms. The van der Waals surface area contributed by atoms with Crippen molar-refractivity contribution in [3.63, 3.8) is 0 Å². The second-order valence-corrected chi connectivity index (χ2v) is 7.51. The molecule has 0 saturated carbocycles. The summed E-state index contributed by atoms with van der Waals surface area (Å²) >= 11 is 2.89. The monoisotopic (exact) mass is 417 g/mol. The third kappa shape index (κ3) is 4.10. The van der Waals surface area contributed by atoms with E-state index in [4.69, 9.17) is 0 Å². The summed E-state index contributed by atoms with van der Waals surface area (Å²) in [4.78, 5) is -0.291. The van der Waals surface area contributed by atoms with Gasteiger partial charge in [0.05, 0.1) is 5.56 Å². The fourth-order valence-electron chi connectivity index (χ4n) is 1.76. The summed E-state index contributed by atoms with van der Waals surface area (Å²) in [6.45, 7) is 0. The molecule has 0 amide bonds. The smallest absolute Gasteiger partial charge is 0.227 e. The zero-order valence-corrected chi connectivity index (χ0v) is 14.7. The molecule has 8 heteroatoms. The van der Waals surface area contributed by atoms with Crippen LogP contribution in [-0.4, -0.2) is 19.8 Å². The van der Waals surface area contributed by atoms with Crippen molar-refractivity contribution in [2.24, 2.45) is 0 Å². The van der Waals surface area contributed by atoms with Gasteiger partial charge in [-0.1, -0.05) is 18.2 Å². The first-order chi connectivity index (χ1) is 11.1. The van der Waals surface area contributed by atoms with Crippen molar-refractivity contribution >= 4 is 26.0 Å². The SMILES string of the molecule is CN(C#Cc1ccccc1)S(=O)(=O)c1ccc(C(F)(F)F)cc1Br. The minimum absolute atomic E-state index is 0.175. The van der Waals surface area contributed by atoms with Gasteiger partial charge in [-0.3, -0.25) is 0 Å². The first-order valence-corrected chi connectivity index (χ1v) is 8.78. The standard InChI is InChI=1S/C16H11BrF3NO2S/c1-21(10-9-12-5-3-2-4-6-12)24(22,23)15-8-7-13(11-14(15)17)16(18,19)20/h2-8,11H,1H3. The van der Waals surface area contributed by atoms with E-state index in [9.17, 15) is 21.6 Å². The third-order valence-corrected chi connectivity index (χ3v) is 5.67. The molecule has 0 spiro atoms. The first kappa shape index (κ1) is 18.4. The quantitative estimate of drug-likeness (QED) is 0.544. The van der Waals surface area contributed by atoms with E-state index in [2.05, 4.69) is 27.9 Å². The Hall–Kier alpha value is -1.98. The fraction of sp³-hybridized carbons (Fsp3) is 0.125. The maximum absolute atomic E-state index is 12.7. The fourth-order valence-corrected chi connectivity index (χ4v) is 3.76. The Kier molecular flexibility index (Phi) is 5.26. The van der Waals surface area contributed by atoms with Crippen LogP contribution in [0.1, 0.15) is 11.1 Å². The lowest BCUT2D eigenvalue weighted by Crippen LogP contribution is -2.22. The third-order valence-electron chi connectivity index (χ3n) is 3.03. The van der Waals surface area contributed by atoms with E-state index in [0.717, 1.165) is 22.5 Å². The van der Waals surface area contributed by atoms with Crippen molar-refractivity contribution in [3.8, 4) is 12.0 Å². The average Bonchev–Trinajstić information content (AvgIpc) is 2.52. The minimum atomic E-state index is -4.55. The van der Waals surface area contributed by atoms with E-state index in [1.54, 1.807) is 30.3 Å². The average molecular weight is 418 g/mol. The lowest BCUT2D eigenvalue weighted by molar-refractivity contribution is -0.137. The summed E-state index contributed by atoms with van der Waals surface area (Å²) in [5, 5.41) is 0. The van der Waals surface area contributed by atoms with Gasteiger partial charge < -0.3 is 0 Å². The molecule has 0 aliphatic heterocycles. The van der Waals surface area contributed by atoms with Gasteiger partial charge in [0.15, 0.2) is 0 Å². The predicted octanol–water partition coefficient (Wildman–Crippen LogP) is 4.10. The molecule has 2 aromatic carbocycles. The van der Waals surface area contributed by atoms with Crippen molar-refractivity contribution in [3.05, 3.63) is 64.1 Å². The summed E-state index contributed by atoms with van der Waals surface area (Å²) in [6, 6.07) is 13.5. The summed E-state index contributed by atoms with van der Waals surface area (Å²) in [6.07, 6.45) is -4.55. The van der Waals surface area contributed by atoms with Crippen LogP contribution < -0.4 is 0 Å². The van der Waals surface area contributed by atoms with E-state index in [1.165, 1.54) is 7.05 Å². The highest BCUT2D eigenvalue weighted by Gasteiger charge is 2.32. The molecule has 0 unspecified atom stereocenters. The number of hydrogen-bond acceptors (Lipinski definition) is 2. The molecule has 0 aromatic heterocycles. The predicted molar refractivity (Wildman–Crippen MR) is 87.4 cm³/mol. The van der Waals surface area contributed by atoms with Crippen LogP contribution in [0.4, 0.5) is 13.2 Å². The molecule has 0 saturated heterocycles. The molecule has 2 rings (SSSR count). The van der Waals surface area contributed by atoms with Crippen LogP contribution in [0.2, 0.25) is 0 Å². The van der Waals surface area contributed by atoms with Crippen LogP contribution in [0.25, 0.3) is 0 Å². The number of sulfonamides is 1. The topological polar surface area (TPSA) is 37.4 Å². The maximum Gasteiger partial charge on any atom is 0.416 e. The van der Waals surface area contributed by atoms with Gasteiger partial charge in [-0.05, 0) is 52.2 Å². The summed E-state index contributed by atoms with van der Waals surface area (Å²) < 4.78 is 63.5. The number of nitrogens with zero attached hydrogens (tertiary/aromatic N) is 1. The van der Waals surface area contributed by atoms with Crippen LogP contribution in [0.15, 0.2) is 57.9 Å². The molecule has 0 fully saturated rings. The van der Waals surface area contributed by atoms with Gasteiger partial charge in [-0.2, -0.15) is 13.2 Å². The molecule has 0 atom stereocenters. The zero-order chi connectivity index (χ0) is 18.0. The van der Waals surface area contributed by atoms with Crippen LogP contribution in [-0.2, 0) is 16.2 Å². The highest BCUT2D eigenvalue weighted by Crippen LogP contribution is 2.34. The van der Waals surface area contributed by atoms with Gasteiger partial charge in [0.2, 0.25) is 0 Å². The van der Waals surface area contributed by atoms with Crippen molar-refractivity contribution < 1.29 is 21.6 Å². The molecule has 0 N–H and O–H groups in total. The largest absolute Gasteiger partial charge is 0.416 e. The Balaban J connectivity index is 2.35. The Bertz CT molecular complexity index is 900. The van der Waals surface area contributed by atoms with Crippen molar-refractivity contribution in [2.75, 3.05) is 7.05 Å². The Morgan fingerprint density at radius 2 is 1.71 bits per heavy atom. The van der Waals surface area contributed by atoms with E-state index < -0.39 is 21.8 Å². The molecule has 0 radical (unpaired) electrons. The van der Waals surface area contributed by atoms with E-state index in [0.29, 0.717) is 5.56 Å². The second-order valence-electron chi connectivity index (χ2n) is 4.72. The molecule has 0 aliphatic rings. The van der Waals surface area contributed by atoms with Crippen LogP contribution >= 0.6 is 15.9 Å². The van der Waals surface area contributed by atoms with Crippen molar-refractivity contribution in [1.29, 1.82) is 0 Å². The number of halogens is 4. The lowest BCUT2D eigenvalue weighted by Gasteiger charge is -2.15. The first-order valence-electron chi connectivity index (χ1n) is 6.55. The molecule has 0 heterocycles. The highest BCUT2D eigenvalue weighted by atomic mass is 79.9. The van der Waals surface area contributed by atoms with Crippen LogP contribution in [0, 0.1) is 12.0 Å². The van der Waals surface area contributed by atoms with E-state index in [-0.39, 0.29) is 9.37 Å². The van der Waals surface area contributed by atoms with Crippen LogP contribution in [0.5, 0.6) is 0 Å². The molecule has 126 valence electrons. The van der Waals surface area contributed by atoms with Gasteiger partial charge in [-0.25, -0.2) is 12.7 Å². The summed E-state index contributed by atoms with van der Waals surface area (Å²) in [7, 11) is -2.83. The Morgan fingerprint density at radius 1 is 1.08 bits per heavy atom. The maximum atomic E-state index is 12.7. The lowest BCUT2D eigenvalue weighted by atomic mass is 10.2. The minimum Gasteiger partial charge on any atom is -0.227 e. The number of benzene rings is 2. The van der Waals surface area contributed by atoms with Gasteiger partial charge in [0.1, 0.15) is 4.90 Å². The van der Waals surface area contributed by atoms with Crippen molar-refractivity contribution in [1.82, 2.24) is 4.31 Å².